The molecule has 1 atom stereocenters. The Labute approximate surface area is 174 Å². The molecular weight excluding hydrogens is 382 g/mol. The van der Waals surface area contributed by atoms with Crippen molar-refractivity contribution in [1.82, 2.24) is 20.0 Å². The van der Waals surface area contributed by atoms with E-state index in [1.165, 1.54) is 6.42 Å². The zero-order valence-electron chi connectivity index (χ0n) is 16.8. The van der Waals surface area contributed by atoms with Gasteiger partial charge in [-0.2, -0.15) is 5.10 Å². The third kappa shape index (κ3) is 2.98. The summed E-state index contributed by atoms with van der Waals surface area (Å²) in [5.41, 5.74) is 0.855. The summed E-state index contributed by atoms with van der Waals surface area (Å²) in [5.74, 6) is -0.146. The molecule has 3 aliphatic rings. The van der Waals surface area contributed by atoms with Crippen LogP contribution in [0.15, 0.2) is 36.5 Å². The summed E-state index contributed by atoms with van der Waals surface area (Å²) in [6.45, 7) is -0.315. The van der Waals surface area contributed by atoms with E-state index in [1.54, 1.807) is 12.3 Å². The summed E-state index contributed by atoms with van der Waals surface area (Å²) in [6.07, 6.45) is 8.54. The third-order valence-electron chi connectivity index (χ3n) is 6.58. The highest BCUT2D eigenvalue weighted by molar-refractivity contribution is 6.10. The molecule has 1 aromatic carbocycles. The molecule has 2 aromatic rings. The minimum atomic E-state index is -1.04. The number of fused-ring (bicyclic) bond motifs is 2. The number of carbonyl (C=O) groups excluding carboxylic acids is 3. The number of benzene rings is 1. The topological polar surface area (TPSA) is 96.3 Å². The molecule has 1 saturated carbocycles. The van der Waals surface area contributed by atoms with E-state index in [2.05, 4.69) is 15.7 Å². The molecule has 5 rings (SSSR count). The Morgan fingerprint density at radius 1 is 1.17 bits per heavy atom. The summed E-state index contributed by atoms with van der Waals surface area (Å²) in [7, 11) is 0. The Morgan fingerprint density at radius 2 is 1.97 bits per heavy atom. The van der Waals surface area contributed by atoms with Gasteiger partial charge in [0.05, 0.1) is 12.2 Å². The Balaban J connectivity index is 1.30. The van der Waals surface area contributed by atoms with Crippen LogP contribution in [0.1, 0.15) is 55.7 Å². The molecule has 30 heavy (non-hydrogen) atoms. The van der Waals surface area contributed by atoms with E-state index in [9.17, 15) is 14.4 Å². The van der Waals surface area contributed by atoms with Crippen molar-refractivity contribution in [3.8, 4) is 0 Å². The molecule has 156 valence electrons. The molecule has 2 heterocycles. The molecule has 1 aromatic heterocycles. The number of urea groups is 1. The quantitative estimate of drug-likeness (QED) is 0.762. The van der Waals surface area contributed by atoms with E-state index < -0.39 is 17.5 Å². The Morgan fingerprint density at radius 3 is 2.80 bits per heavy atom. The van der Waals surface area contributed by atoms with Gasteiger partial charge in [0.15, 0.2) is 0 Å². The lowest BCUT2D eigenvalue weighted by molar-refractivity contribution is -0.134. The average Bonchev–Trinajstić information content (AvgIpc) is 3.43. The van der Waals surface area contributed by atoms with Crippen LogP contribution in [0.5, 0.6) is 0 Å². The van der Waals surface area contributed by atoms with Crippen molar-refractivity contribution in [2.75, 3.05) is 11.9 Å². The van der Waals surface area contributed by atoms with Gasteiger partial charge in [-0.3, -0.25) is 14.5 Å². The predicted molar refractivity (Wildman–Crippen MR) is 110 cm³/mol. The zero-order valence-corrected chi connectivity index (χ0v) is 16.8. The first-order chi connectivity index (χ1) is 14.6. The minimum Gasteiger partial charge on any atom is -0.319 e. The lowest BCUT2D eigenvalue weighted by Gasteiger charge is -2.24. The number of nitrogens with one attached hydrogen (secondary N) is 2. The van der Waals surface area contributed by atoms with Gasteiger partial charge >= 0.3 is 6.03 Å². The van der Waals surface area contributed by atoms with Crippen molar-refractivity contribution in [1.29, 1.82) is 0 Å². The lowest BCUT2D eigenvalue weighted by Crippen LogP contribution is -2.43. The summed E-state index contributed by atoms with van der Waals surface area (Å²) in [5, 5.41) is 10.1. The number of amides is 4. The number of nitrogens with zero attached hydrogens (tertiary/aromatic N) is 3. The first-order valence-corrected chi connectivity index (χ1v) is 10.6. The predicted octanol–water partition coefficient (Wildman–Crippen LogP) is 2.72. The van der Waals surface area contributed by atoms with Gasteiger partial charge in [0.2, 0.25) is 5.91 Å². The van der Waals surface area contributed by atoms with Crippen LogP contribution in [0.3, 0.4) is 0 Å². The number of aryl methyl sites for hydroxylation is 1. The first kappa shape index (κ1) is 18.8. The largest absolute Gasteiger partial charge is 0.325 e. The standard InChI is InChI=1S/C22H25N5O3/c28-19(24-18-11-13-23-27(18)16-7-2-1-3-8-16)14-26-20(29)22(25-21(26)30)12-10-15-6-4-5-9-17(15)22/h4-6,9,11,13,16H,1-3,7-8,10,12,14H2,(H,24,28)(H,25,30). The van der Waals surface area contributed by atoms with Crippen molar-refractivity contribution in [3.05, 3.63) is 47.7 Å². The van der Waals surface area contributed by atoms with Gasteiger partial charge in [-0.1, -0.05) is 43.5 Å². The molecule has 2 aliphatic carbocycles. The summed E-state index contributed by atoms with van der Waals surface area (Å²) < 4.78 is 1.86. The normalized spacial score (nSPS) is 23.7. The Kier molecular flexibility index (Phi) is 4.56. The maximum Gasteiger partial charge on any atom is 0.325 e. The van der Waals surface area contributed by atoms with Gasteiger partial charge in [0.25, 0.3) is 5.91 Å². The SMILES string of the molecule is O=C(CN1C(=O)NC2(CCc3ccccc32)C1=O)Nc1ccnn1C1CCCCC1. The van der Waals surface area contributed by atoms with E-state index in [1.807, 2.05) is 28.9 Å². The van der Waals surface area contributed by atoms with Gasteiger partial charge in [-0.25, -0.2) is 9.48 Å². The molecule has 1 aliphatic heterocycles. The van der Waals surface area contributed by atoms with Crippen LogP contribution in [-0.2, 0) is 21.5 Å². The average molecular weight is 407 g/mol. The molecule has 1 unspecified atom stereocenters. The molecular formula is C22H25N5O3. The van der Waals surface area contributed by atoms with E-state index in [0.29, 0.717) is 12.2 Å². The van der Waals surface area contributed by atoms with Crippen LogP contribution in [-0.4, -0.2) is 39.1 Å². The minimum absolute atomic E-state index is 0.277. The fourth-order valence-corrected chi connectivity index (χ4v) is 5.09. The fraction of sp³-hybridized carbons (Fsp3) is 0.455. The third-order valence-corrected chi connectivity index (χ3v) is 6.58. The molecule has 4 amide bonds. The second kappa shape index (κ2) is 7.27. The van der Waals surface area contributed by atoms with Crippen LogP contribution in [0.25, 0.3) is 0 Å². The molecule has 0 radical (unpaired) electrons. The molecule has 8 heteroatoms. The Bertz CT molecular complexity index is 1010. The smallest absolute Gasteiger partial charge is 0.319 e. The maximum atomic E-state index is 13.2. The van der Waals surface area contributed by atoms with Gasteiger partial charge in [0.1, 0.15) is 17.9 Å². The number of hydrogen-bond acceptors (Lipinski definition) is 4. The molecule has 2 N–H and O–H groups in total. The monoisotopic (exact) mass is 407 g/mol. The number of hydrogen-bond donors (Lipinski definition) is 2. The van der Waals surface area contributed by atoms with Crippen LogP contribution in [0, 0.1) is 0 Å². The van der Waals surface area contributed by atoms with E-state index >= 15 is 0 Å². The first-order valence-electron chi connectivity index (χ1n) is 10.6. The van der Waals surface area contributed by atoms with Gasteiger partial charge in [-0.05, 0) is 36.8 Å². The van der Waals surface area contributed by atoms with E-state index in [-0.39, 0.29) is 18.5 Å². The number of carbonyl (C=O) groups is 3. The summed E-state index contributed by atoms with van der Waals surface area (Å²) >= 11 is 0. The maximum absolute atomic E-state index is 13.2. The second-order valence-corrected chi connectivity index (χ2v) is 8.38. The molecule has 2 fully saturated rings. The van der Waals surface area contributed by atoms with Crippen molar-refractivity contribution < 1.29 is 14.4 Å². The highest BCUT2D eigenvalue weighted by Gasteiger charge is 2.55. The highest BCUT2D eigenvalue weighted by Crippen LogP contribution is 2.41. The Hall–Kier alpha value is -3.16. The molecule has 8 nitrogen and oxygen atoms in total. The number of anilines is 1. The number of aromatic nitrogens is 2. The van der Waals surface area contributed by atoms with Crippen LogP contribution >= 0.6 is 0 Å². The second-order valence-electron chi connectivity index (χ2n) is 8.38. The summed E-state index contributed by atoms with van der Waals surface area (Å²) in [4.78, 5) is 39.5. The zero-order chi connectivity index (χ0) is 20.7. The highest BCUT2D eigenvalue weighted by atomic mass is 16.2. The fourth-order valence-electron chi connectivity index (χ4n) is 5.09. The van der Waals surface area contributed by atoms with E-state index in [4.69, 9.17) is 0 Å². The van der Waals surface area contributed by atoms with Crippen LogP contribution in [0.4, 0.5) is 10.6 Å². The number of rotatable bonds is 4. The van der Waals surface area contributed by atoms with Gasteiger partial charge < -0.3 is 10.6 Å². The van der Waals surface area contributed by atoms with Crippen LogP contribution in [0.2, 0.25) is 0 Å². The summed E-state index contributed by atoms with van der Waals surface area (Å²) in [6, 6.07) is 9.17. The van der Waals surface area contributed by atoms with Crippen molar-refractivity contribution in [2.45, 2.75) is 56.5 Å². The molecule has 0 bridgehead atoms. The van der Waals surface area contributed by atoms with E-state index in [0.717, 1.165) is 48.1 Å². The van der Waals surface area contributed by atoms with Crippen LogP contribution < -0.4 is 10.6 Å². The van der Waals surface area contributed by atoms with Crippen molar-refractivity contribution in [2.24, 2.45) is 0 Å². The van der Waals surface area contributed by atoms with Crippen molar-refractivity contribution in [3.63, 3.8) is 0 Å². The van der Waals surface area contributed by atoms with Gasteiger partial charge in [0, 0.05) is 6.07 Å². The van der Waals surface area contributed by atoms with Gasteiger partial charge in [-0.15, -0.1) is 0 Å². The lowest BCUT2D eigenvalue weighted by atomic mass is 9.92. The molecule has 1 saturated heterocycles. The van der Waals surface area contributed by atoms with Crippen molar-refractivity contribution >= 4 is 23.7 Å². The molecule has 1 spiro atoms. The number of imide groups is 1.